The van der Waals surface area contributed by atoms with Gasteiger partial charge in [0.2, 0.25) is 0 Å². The summed E-state index contributed by atoms with van der Waals surface area (Å²) in [5.41, 5.74) is 1.84. The molecule has 1 aliphatic rings. The SMILES string of the molecule is CC(C)C1OC(=O)C(CCc2ccccc2)=C1Cl. The lowest BCUT2D eigenvalue weighted by Gasteiger charge is -2.13. The number of halogens is 1. The second kappa shape index (κ2) is 5.57. The van der Waals surface area contributed by atoms with Gasteiger partial charge in [0.05, 0.1) is 10.6 Å². The van der Waals surface area contributed by atoms with Crippen LogP contribution in [0.3, 0.4) is 0 Å². The number of carbonyl (C=O) groups excluding carboxylic acids is 1. The maximum Gasteiger partial charge on any atom is 0.335 e. The Kier molecular flexibility index (Phi) is 4.07. The molecule has 0 aromatic heterocycles. The Morgan fingerprint density at radius 1 is 1.22 bits per heavy atom. The van der Waals surface area contributed by atoms with E-state index < -0.39 is 0 Å². The van der Waals surface area contributed by atoms with E-state index in [0.717, 1.165) is 6.42 Å². The first-order chi connectivity index (χ1) is 8.59. The van der Waals surface area contributed by atoms with Gasteiger partial charge in [0.1, 0.15) is 6.10 Å². The molecule has 0 amide bonds. The fourth-order valence-electron chi connectivity index (χ4n) is 2.07. The Morgan fingerprint density at radius 2 is 1.89 bits per heavy atom. The summed E-state index contributed by atoms with van der Waals surface area (Å²) in [6, 6.07) is 10.1. The molecule has 96 valence electrons. The van der Waals surface area contributed by atoms with Crippen molar-refractivity contribution in [3.63, 3.8) is 0 Å². The summed E-state index contributed by atoms with van der Waals surface area (Å²) in [7, 11) is 0. The minimum Gasteiger partial charge on any atom is -0.453 e. The van der Waals surface area contributed by atoms with Crippen LogP contribution in [0.15, 0.2) is 40.9 Å². The van der Waals surface area contributed by atoms with Crippen molar-refractivity contribution in [2.24, 2.45) is 5.92 Å². The van der Waals surface area contributed by atoms with E-state index in [9.17, 15) is 4.79 Å². The molecule has 2 rings (SSSR count). The molecule has 1 aromatic rings. The summed E-state index contributed by atoms with van der Waals surface area (Å²) >= 11 is 6.23. The maximum absolute atomic E-state index is 11.8. The molecule has 0 saturated heterocycles. The van der Waals surface area contributed by atoms with Crippen molar-refractivity contribution in [2.45, 2.75) is 32.8 Å². The van der Waals surface area contributed by atoms with Gasteiger partial charge in [-0.3, -0.25) is 0 Å². The summed E-state index contributed by atoms with van der Waals surface area (Å²) in [6.45, 7) is 4.00. The first-order valence-corrected chi connectivity index (χ1v) is 6.61. The Hall–Kier alpha value is -1.28. The molecular formula is C15H17ClO2. The summed E-state index contributed by atoms with van der Waals surface area (Å²) in [6.07, 6.45) is 1.20. The molecule has 1 aliphatic heterocycles. The average Bonchev–Trinajstić information content (AvgIpc) is 2.64. The van der Waals surface area contributed by atoms with Crippen LogP contribution < -0.4 is 0 Å². The smallest absolute Gasteiger partial charge is 0.335 e. The topological polar surface area (TPSA) is 26.3 Å². The molecule has 0 radical (unpaired) electrons. The lowest BCUT2D eigenvalue weighted by Crippen LogP contribution is -2.16. The van der Waals surface area contributed by atoms with E-state index in [1.165, 1.54) is 5.56 Å². The predicted octanol–water partition coefficient (Wildman–Crippen LogP) is 3.69. The number of aryl methyl sites for hydroxylation is 1. The number of hydrogen-bond donors (Lipinski definition) is 0. The van der Waals surface area contributed by atoms with Gasteiger partial charge >= 0.3 is 5.97 Å². The molecule has 1 unspecified atom stereocenters. The third-order valence-corrected chi connectivity index (χ3v) is 3.57. The molecule has 0 spiro atoms. The van der Waals surface area contributed by atoms with Gasteiger partial charge in [0.25, 0.3) is 0 Å². The van der Waals surface area contributed by atoms with E-state index in [-0.39, 0.29) is 18.0 Å². The predicted molar refractivity (Wildman–Crippen MR) is 72.4 cm³/mol. The van der Waals surface area contributed by atoms with Crippen LogP contribution in [0.5, 0.6) is 0 Å². The maximum atomic E-state index is 11.8. The van der Waals surface area contributed by atoms with Crippen molar-refractivity contribution in [1.29, 1.82) is 0 Å². The van der Waals surface area contributed by atoms with Crippen LogP contribution in [0.25, 0.3) is 0 Å². The Labute approximate surface area is 113 Å². The third kappa shape index (κ3) is 2.75. The first kappa shape index (κ1) is 13.2. The van der Waals surface area contributed by atoms with Gasteiger partial charge in [0.15, 0.2) is 0 Å². The molecule has 0 N–H and O–H groups in total. The first-order valence-electron chi connectivity index (χ1n) is 6.23. The Bertz CT molecular complexity index is 463. The molecule has 3 heteroatoms. The van der Waals surface area contributed by atoms with Gasteiger partial charge in [-0.05, 0) is 24.3 Å². The fourth-order valence-corrected chi connectivity index (χ4v) is 2.54. The second-order valence-electron chi connectivity index (χ2n) is 4.88. The van der Waals surface area contributed by atoms with Gasteiger partial charge in [-0.2, -0.15) is 0 Å². The lowest BCUT2D eigenvalue weighted by atomic mass is 10.0. The molecule has 2 nitrogen and oxygen atoms in total. The zero-order chi connectivity index (χ0) is 13.1. The zero-order valence-corrected chi connectivity index (χ0v) is 11.4. The monoisotopic (exact) mass is 264 g/mol. The van der Waals surface area contributed by atoms with Crippen LogP contribution in [0, 0.1) is 5.92 Å². The highest BCUT2D eigenvalue weighted by molar-refractivity contribution is 6.33. The Morgan fingerprint density at radius 3 is 2.44 bits per heavy atom. The number of rotatable bonds is 4. The summed E-state index contributed by atoms with van der Waals surface area (Å²) in [4.78, 5) is 11.8. The van der Waals surface area contributed by atoms with Crippen LogP contribution in [-0.2, 0) is 16.0 Å². The largest absolute Gasteiger partial charge is 0.453 e. The van der Waals surface area contributed by atoms with Crippen molar-refractivity contribution in [1.82, 2.24) is 0 Å². The van der Waals surface area contributed by atoms with Crippen molar-refractivity contribution < 1.29 is 9.53 Å². The van der Waals surface area contributed by atoms with Gasteiger partial charge < -0.3 is 4.74 Å². The van der Waals surface area contributed by atoms with Gasteiger partial charge in [-0.15, -0.1) is 0 Å². The van der Waals surface area contributed by atoms with Crippen LogP contribution in [0.1, 0.15) is 25.8 Å². The van der Waals surface area contributed by atoms with E-state index in [2.05, 4.69) is 12.1 Å². The summed E-state index contributed by atoms with van der Waals surface area (Å²) < 4.78 is 5.29. The van der Waals surface area contributed by atoms with Crippen LogP contribution >= 0.6 is 11.6 Å². The molecule has 0 aliphatic carbocycles. The van der Waals surface area contributed by atoms with Gasteiger partial charge in [-0.1, -0.05) is 55.8 Å². The zero-order valence-electron chi connectivity index (χ0n) is 10.7. The second-order valence-corrected chi connectivity index (χ2v) is 5.29. The fraction of sp³-hybridized carbons (Fsp3) is 0.400. The number of benzene rings is 1. The number of cyclic esters (lactones) is 1. The molecule has 0 bridgehead atoms. The molecule has 1 aromatic carbocycles. The highest BCUT2D eigenvalue weighted by Crippen LogP contribution is 2.32. The van der Waals surface area contributed by atoms with Crippen LogP contribution in [0.4, 0.5) is 0 Å². The van der Waals surface area contributed by atoms with E-state index in [1.54, 1.807) is 0 Å². The average molecular weight is 265 g/mol. The van der Waals surface area contributed by atoms with Gasteiger partial charge in [-0.25, -0.2) is 4.79 Å². The minimum absolute atomic E-state index is 0.218. The number of hydrogen-bond acceptors (Lipinski definition) is 2. The van der Waals surface area contributed by atoms with Gasteiger partial charge in [0, 0.05) is 0 Å². The molecule has 0 fully saturated rings. The normalized spacial score (nSPS) is 19.6. The highest BCUT2D eigenvalue weighted by Gasteiger charge is 2.34. The summed E-state index contributed by atoms with van der Waals surface area (Å²) in [5, 5.41) is 0.589. The highest BCUT2D eigenvalue weighted by atomic mass is 35.5. The van der Waals surface area contributed by atoms with Crippen molar-refractivity contribution in [3.05, 3.63) is 46.5 Å². The van der Waals surface area contributed by atoms with Crippen LogP contribution in [0.2, 0.25) is 0 Å². The minimum atomic E-state index is -0.259. The van der Waals surface area contributed by atoms with Crippen molar-refractivity contribution in [2.75, 3.05) is 0 Å². The molecule has 1 atom stereocenters. The molecule has 18 heavy (non-hydrogen) atoms. The number of esters is 1. The van der Waals surface area contributed by atoms with Crippen molar-refractivity contribution >= 4 is 17.6 Å². The quantitative estimate of drug-likeness (QED) is 0.775. The van der Waals surface area contributed by atoms with E-state index >= 15 is 0 Å². The van der Waals surface area contributed by atoms with E-state index in [4.69, 9.17) is 16.3 Å². The summed E-state index contributed by atoms with van der Waals surface area (Å²) in [5.74, 6) is -0.0368. The van der Waals surface area contributed by atoms with Crippen LogP contribution in [-0.4, -0.2) is 12.1 Å². The van der Waals surface area contributed by atoms with Crippen molar-refractivity contribution in [3.8, 4) is 0 Å². The standard InChI is InChI=1S/C15H17ClO2/c1-10(2)14-13(16)12(15(17)18-14)9-8-11-6-4-3-5-7-11/h3-7,10,14H,8-9H2,1-2H3. The molecule has 1 heterocycles. The lowest BCUT2D eigenvalue weighted by molar-refractivity contribution is -0.141. The number of ether oxygens (including phenoxy) is 1. The van der Waals surface area contributed by atoms with E-state index in [1.807, 2.05) is 32.0 Å². The third-order valence-electron chi connectivity index (χ3n) is 3.13. The molecule has 0 saturated carbocycles. The number of carbonyl (C=O) groups is 1. The Balaban J connectivity index is 2.06. The molecular weight excluding hydrogens is 248 g/mol. The van der Waals surface area contributed by atoms with E-state index in [0.29, 0.717) is 17.0 Å².